The normalized spacial score (nSPS) is 46.3. The molecule has 0 aliphatic heterocycles. The molecule has 5 fully saturated rings. The Bertz CT molecular complexity index is 413. The summed E-state index contributed by atoms with van der Waals surface area (Å²) in [6, 6.07) is 0.430. The van der Waals surface area contributed by atoms with E-state index in [9.17, 15) is 4.79 Å². The lowest BCUT2D eigenvalue weighted by Crippen LogP contribution is -2.59. The number of halogens is 1. The van der Waals surface area contributed by atoms with Crippen molar-refractivity contribution < 1.29 is 4.79 Å². The molecule has 4 atom stereocenters. The minimum atomic E-state index is -0.113. The van der Waals surface area contributed by atoms with Crippen molar-refractivity contribution in [3.8, 4) is 0 Å². The summed E-state index contributed by atoms with van der Waals surface area (Å²) >= 11 is 6.85. The summed E-state index contributed by atoms with van der Waals surface area (Å²) in [6.45, 7) is 0. The molecule has 2 unspecified atom stereocenters. The maximum atomic E-state index is 13.0. The SMILES string of the molecule is O=C(NC1CCCCCC1)C12C[C@@H]3C[C@@H](CC(Cl)(C3)C1)C2. The van der Waals surface area contributed by atoms with Gasteiger partial charge in [-0.05, 0) is 63.2 Å². The lowest BCUT2D eigenvalue weighted by atomic mass is 9.49. The second-order valence-corrected chi connectivity index (χ2v) is 9.36. The Balaban J connectivity index is 1.48. The first-order chi connectivity index (χ1) is 10.1. The fraction of sp³-hybridized carbons (Fsp3) is 0.944. The minimum Gasteiger partial charge on any atom is -0.353 e. The van der Waals surface area contributed by atoms with Crippen molar-refractivity contribution >= 4 is 17.5 Å². The third kappa shape index (κ3) is 2.62. The number of nitrogens with one attached hydrogen (secondary N) is 1. The number of carbonyl (C=O) groups excluding carboxylic acids is 1. The number of hydrogen-bond donors (Lipinski definition) is 1. The molecule has 0 aromatic heterocycles. The van der Waals surface area contributed by atoms with Gasteiger partial charge in [0.15, 0.2) is 0 Å². The van der Waals surface area contributed by atoms with Crippen molar-refractivity contribution in [2.75, 3.05) is 0 Å². The summed E-state index contributed by atoms with van der Waals surface area (Å²) in [5.74, 6) is 1.78. The zero-order valence-electron chi connectivity index (χ0n) is 13.0. The van der Waals surface area contributed by atoms with Crippen LogP contribution in [0.1, 0.15) is 77.0 Å². The largest absolute Gasteiger partial charge is 0.353 e. The van der Waals surface area contributed by atoms with E-state index in [1.807, 2.05) is 0 Å². The molecule has 5 aliphatic rings. The van der Waals surface area contributed by atoms with Crippen molar-refractivity contribution in [2.24, 2.45) is 17.3 Å². The van der Waals surface area contributed by atoms with Gasteiger partial charge in [0.25, 0.3) is 0 Å². The third-order valence-electron chi connectivity index (χ3n) is 6.66. The average molecular weight is 310 g/mol. The van der Waals surface area contributed by atoms with E-state index in [2.05, 4.69) is 5.32 Å². The molecule has 4 bridgehead atoms. The lowest BCUT2D eigenvalue weighted by molar-refractivity contribution is -0.145. The molecule has 0 aromatic carbocycles. The zero-order chi connectivity index (χ0) is 14.5. The Morgan fingerprint density at radius 1 is 0.952 bits per heavy atom. The van der Waals surface area contributed by atoms with Gasteiger partial charge in [-0.25, -0.2) is 0 Å². The van der Waals surface area contributed by atoms with E-state index in [4.69, 9.17) is 11.6 Å². The predicted molar refractivity (Wildman–Crippen MR) is 85.3 cm³/mol. The molecule has 0 spiro atoms. The Morgan fingerprint density at radius 3 is 2.14 bits per heavy atom. The van der Waals surface area contributed by atoms with Crippen molar-refractivity contribution in [3.05, 3.63) is 0 Å². The molecule has 1 N–H and O–H groups in total. The van der Waals surface area contributed by atoms with E-state index >= 15 is 0 Å². The predicted octanol–water partition coefficient (Wildman–Crippen LogP) is 4.40. The highest BCUT2D eigenvalue weighted by Gasteiger charge is 2.60. The molecular weight excluding hydrogens is 282 g/mol. The number of rotatable bonds is 2. The van der Waals surface area contributed by atoms with Crippen LogP contribution < -0.4 is 5.32 Å². The van der Waals surface area contributed by atoms with Crippen LogP contribution in [0.4, 0.5) is 0 Å². The Kier molecular flexibility index (Phi) is 3.52. The topological polar surface area (TPSA) is 29.1 Å². The maximum Gasteiger partial charge on any atom is 0.226 e. The highest BCUT2D eigenvalue weighted by molar-refractivity contribution is 6.24. The molecular formula is C18H28ClNO. The van der Waals surface area contributed by atoms with E-state index in [1.165, 1.54) is 44.9 Å². The summed E-state index contributed by atoms with van der Waals surface area (Å²) in [7, 11) is 0. The van der Waals surface area contributed by atoms with Crippen LogP contribution in [0, 0.1) is 17.3 Å². The molecule has 0 saturated heterocycles. The first-order valence-electron chi connectivity index (χ1n) is 9.07. The second kappa shape index (κ2) is 5.15. The molecule has 5 saturated carbocycles. The number of hydrogen-bond acceptors (Lipinski definition) is 1. The first-order valence-corrected chi connectivity index (χ1v) is 9.45. The summed E-state index contributed by atoms with van der Waals surface area (Å²) in [6.07, 6.45) is 14.4. The molecule has 0 radical (unpaired) electrons. The minimum absolute atomic E-state index is 0.0507. The van der Waals surface area contributed by atoms with E-state index < -0.39 is 0 Å². The van der Waals surface area contributed by atoms with Gasteiger partial charge in [-0.15, -0.1) is 11.6 Å². The smallest absolute Gasteiger partial charge is 0.226 e. The molecule has 5 aliphatic carbocycles. The van der Waals surface area contributed by atoms with Gasteiger partial charge >= 0.3 is 0 Å². The van der Waals surface area contributed by atoms with E-state index in [-0.39, 0.29) is 10.3 Å². The fourth-order valence-corrected chi connectivity index (χ4v) is 6.87. The van der Waals surface area contributed by atoms with Gasteiger partial charge in [-0.1, -0.05) is 25.7 Å². The molecule has 0 aromatic rings. The highest BCUT2D eigenvalue weighted by Crippen LogP contribution is 2.63. The van der Waals surface area contributed by atoms with Gasteiger partial charge in [0, 0.05) is 10.9 Å². The third-order valence-corrected chi connectivity index (χ3v) is 7.10. The van der Waals surface area contributed by atoms with Gasteiger partial charge in [0.1, 0.15) is 0 Å². The summed E-state index contributed by atoms with van der Waals surface area (Å²) < 4.78 is 0. The Morgan fingerprint density at radius 2 is 1.57 bits per heavy atom. The standard InChI is InChI=1S/C18H28ClNO/c19-18-10-13-7-14(11-18)9-17(8-13,12-18)16(21)20-15-5-3-1-2-4-6-15/h13-15H,1-12H2,(H,20,21)/t13-,14+,17?,18?. The van der Waals surface area contributed by atoms with Crippen molar-refractivity contribution in [3.63, 3.8) is 0 Å². The van der Waals surface area contributed by atoms with Crippen LogP contribution in [0.25, 0.3) is 0 Å². The molecule has 5 rings (SSSR count). The van der Waals surface area contributed by atoms with Gasteiger partial charge in [0.2, 0.25) is 5.91 Å². The highest BCUT2D eigenvalue weighted by atomic mass is 35.5. The van der Waals surface area contributed by atoms with Crippen LogP contribution in [0.5, 0.6) is 0 Å². The number of carbonyl (C=O) groups is 1. The van der Waals surface area contributed by atoms with Crippen LogP contribution in [0.3, 0.4) is 0 Å². The van der Waals surface area contributed by atoms with E-state index in [1.54, 1.807) is 0 Å². The number of amides is 1. The van der Waals surface area contributed by atoms with Crippen molar-refractivity contribution in [1.82, 2.24) is 5.32 Å². The zero-order valence-corrected chi connectivity index (χ0v) is 13.8. The Labute approximate surface area is 133 Å². The quantitative estimate of drug-likeness (QED) is 0.594. The van der Waals surface area contributed by atoms with Crippen LogP contribution in [0.15, 0.2) is 0 Å². The molecule has 21 heavy (non-hydrogen) atoms. The second-order valence-electron chi connectivity index (χ2n) is 8.55. The molecule has 118 valence electrons. The van der Waals surface area contributed by atoms with Crippen LogP contribution in [-0.4, -0.2) is 16.8 Å². The van der Waals surface area contributed by atoms with Crippen molar-refractivity contribution in [1.29, 1.82) is 0 Å². The molecule has 1 amide bonds. The summed E-state index contributed by atoms with van der Waals surface area (Å²) in [5, 5.41) is 3.44. The van der Waals surface area contributed by atoms with Gasteiger partial charge in [-0.2, -0.15) is 0 Å². The monoisotopic (exact) mass is 309 g/mol. The number of alkyl halides is 1. The van der Waals surface area contributed by atoms with Crippen LogP contribution in [0.2, 0.25) is 0 Å². The lowest BCUT2D eigenvalue weighted by Gasteiger charge is -2.59. The fourth-order valence-electron chi connectivity index (χ4n) is 6.18. The maximum absolute atomic E-state index is 13.0. The molecule has 3 heteroatoms. The van der Waals surface area contributed by atoms with E-state index in [0.717, 1.165) is 32.1 Å². The van der Waals surface area contributed by atoms with Gasteiger partial charge < -0.3 is 5.32 Å². The van der Waals surface area contributed by atoms with Crippen molar-refractivity contribution in [2.45, 2.75) is 88.0 Å². The molecule has 2 nitrogen and oxygen atoms in total. The summed E-state index contributed by atoms with van der Waals surface area (Å²) in [4.78, 5) is 13.0. The van der Waals surface area contributed by atoms with Crippen LogP contribution in [-0.2, 0) is 4.79 Å². The average Bonchev–Trinajstić information content (AvgIpc) is 2.64. The summed E-state index contributed by atoms with van der Waals surface area (Å²) in [5.41, 5.74) is -0.113. The van der Waals surface area contributed by atoms with Gasteiger partial charge in [0.05, 0.1) is 5.41 Å². The van der Waals surface area contributed by atoms with Gasteiger partial charge in [-0.3, -0.25) is 4.79 Å². The molecule has 0 heterocycles. The van der Waals surface area contributed by atoms with E-state index in [0.29, 0.717) is 23.8 Å². The Hall–Kier alpha value is -0.240. The first kappa shape index (κ1) is 14.4. The van der Waals surface area contributed by atoms with Crippen LogP contribution >= 0.6 is 11.6 Å².